The highest BCUT2D eigenvalue weighted by Gasteiger charge is 2.34. The van der Waals surface area contributed by atoms with E-state index in [4.69, 9.17) is 9.47 Å². The first-order chi connectivity index (χ1) is 10.7. The molecule has 0 aliphatic carbocycles. The number of carbonyl (C=O) groups excluding carboxylic acids is 2. The fourth-order valence-corrected chi connectivity index (χ4v) is 2.15. The predicted molar refractivity (Wildman–Crippen MR) is 82.7 cm³/mol. The van der Waals surface area contributed by atoms with E-state index in [1.165, 1.54) is 12.1 Å². The van der Waals surface area contributed by atoms with Crippen LogP contribution in [0.3, 0.4) is 0 Å². The molecule has 1 aromatic carbocycles. The van der Waals surface area contributed by atoms with Crippen LogP contribution in [-0.4, -0.2) is 42.3 Å². The van der Waals surface area contributed by atoms with Gasteiger partial charge < -0.3 is 14.4 Å². The van der Waals surface area contributed by atoms with Gasteiger partial charge in [-0.2, -0.15) is 0 Å². The predicted octanol–water partition coefficient (Wildman–Crippen LogP) is 3.16. The molecule has 1 fully saturated rings. The Morgan fingerprint density at radius 3 is 2.52 bits per heavy atom. The first-order valence-corrected chi connectivity index (χ1v) is 7.57. The highest BCUT2D eigenvalue weighted by atomic mass is 19.1. The van der Waals surface area contributed by atoms with Crippen molar-refractivity contribution in [2.45, 2.75) is 33.3 Å². The molecule has 1 aliphatic rings. The van der Waals surface area contributed by atoms with Gasteiger partial charge in [-0.05, 0) is 45.4 Å². The van der Waals surface area contributed by atoms with Crippen LogP contribution in [0, 0.1) is 18.7 Å². The topological polar surface area (TPSA) is 55.8 Å². The third kappa shape index (κ3) is 4.68. The number of likely N-dealkylation sites (tertiary alicyclic amines) is 1. The van der Waals surface area contributed by atoms with Crippen LogP contribution in [0.4, 0.5) is 9.18 Å². The first kappa shape index (κ1) is 17.2. The largest absolute Gasteiger partial charge is 0.462 e. The molecule has 1 aromatic rings. The number of hydrogen-bond donors (Lipinski definition) is 0. The highest BCUT2D eigenvalue weighted by Crippen LogP contribution is 2.20. The fraction of sp³-hybridized carbons (Fsp3) is 0.529. The van der Waals surface area contributed by atoms with Gasteiger partial charge in [0.25, 0.3) is 0 Å². The number of halogens is 1. The van der Waals surface area contributed by atoms with Gasteiger partial charge in [0.1, 0.15) is 11.4 Å². The monoisotopic (exact) mass is 323 g/mol. The molecular formula is C17H22FNO4. The van der Waals surface area contributed by atoms with E-state index in [-0.39, 0.29) is 24.2 Å². The molecule has 6 heteroatoms. The molecule has 0 atom stereocenters. The van der Waals surface area contributed by atoms with E-state index >= 15 is 0 Å². The lowest BCUT2D eigenvalue weighted by molar-refractivity contribution is -0.0154. The zero-order chi connectivity index (χ0) is 17.2. The Bertz CT molecular complexity index is 603. The average molecular weight is 323 g/mol. The van der Waals surface area contributed by atoms with Crippen molar-refractivity contribution in [1.29, 1.82) is 0 Å². The number of aryl methyl sites for hydroxylation is 1. The van der Waals surface area contributed by atoms with Crippen molar-refractivity contribution in [3.05, 3.63) is 35.1 Å². The molecule has 0 N–H and O–H groups in total. The van der Waals surface area contributed by atoms with Crippen LogP contribution in [0.25, 0.3) is 0 Å². The summed E-state index contributed by atoms with van der Waals surface area (Å²) in [5.41, 5.74) is 0.148. The summed E-state index contributed by atoms with van der Waals surface area (Å²) < 4.78 is 23.8. The summed E-state index contributed by atoms with van der Waals surface area (Å²) in [4.78, 5) is 25.2. The van der Waals surface area contributed by atoms with Gasteiger partial charge in [0.15, 0.2) is 0 Å². The van der Waals surface area contributed by atoms with Crippen LogP contribution < -0.4 is 0 Å². The molecule has 23 heavy (non-hydrogen) atoms. The Morgan fingerprint density at radius 1 is 1.30 bits per heavy atom. The molecule has 1 heterocycles. The van der Waals surface area contributed by atoms with Gasteiger partial charge in [0, 0.05) is 19.0 Å². The van der Waals surface area contributed by atoms with Gasteiger partial charge in [-0.1, -0.05) is 6.07 Å². The lowest BCUT2D eigenvalue weighted by atomic mass is 10.0. The Labute approximate surface area is 135 Å². The van der Waals surface area contributed by atoms with Crippen LogP contribution in [0.5, 0.6) is 0 Å². The average Bonchev–Trinajstić information content (AvgIpc) is 2.37. The molecule has 0 aromatic heterocycles. The minimum absolute atomic E-state index is 0.0850. The lowest BCUT2D eigenvalue weighted by Gasteiger charge is -2.39. The van der Waals surface area contributed by atoms with E-state index in [0.717, 1.165) is 0 Å². The minimum atomic E-state index is -0.556. The molecule has 0 bridgehead atoms. The number of carbonyl (C=O) groups is 2. The van der Waals surface area contributed by atoms with Crippen molar-refractivity contribution in [1.82, 2.24) is 4.90 Å². The Balaban J connectivity index is 1.75. The SMILES string of the molecule is Cc1ccc(C(=O)OCC2CN(C(=O)OC(C)(C)C)C2)cc1F. The first-order valence-electron chi connectivity index (χ1n) is 7.57. The van der Waals surface area contributed by atoms with Crippen LogP contribution >= 0.6 is 0 Å². The van der Waals surface area contributed by atoms with Gasteiger partial charge in [0.2, 0.25) is 0 Å². The second kappa shape index (κ2) is 6.56. The molecule has 1 aliphatic heterocycles. The van der Waals surface area contributed by atoms with Gasteiger partial charge in [-0.25, -0.2) is 14.0 Å². The molecule has 1 amide bonds. The van der Waals surface area contributed by atoms with E-state index in [0.29, 0.717) is 18.7 Å². The molecule has 0 radical (unpaired) electrons. The van der Waals surface area contributed by atoms with E-state index in [9.17, 15) is 14.0 Å². The zero-order valence-electron chi connectivity index (χ0n) is 13.9. The number of hydrogen-bond acceptors (Lipinski definition) is 4. The van der Waals surface area contributed by atoms with E-state index in [1.54, 1.807) is 17.9 Å². The minimum Gasteiger partial charge on any atom is -0.462 e. The Kier molecular flexibility index (Phi) is 4.92. The van der Waals surface area contributed by atoms with Gasteiger partial charge in [-0.15, -0.1) is 0 Å². The Hall–Kier alpha value is -2.11. The Morgan fingerprint density at radius 2 is 1.96 bits per heavy atom. The molecule has 126 valence electrons. The third-order valence-corrected chi connectivity index (χ3v) is 3.47. The lowest BCUT2D eigenvalue weighted by Crippen LogP contribution is -2.53. The van der Waals surface area contributed by atoms with Crippen molar-refractivity contribution in [2.24, 2.45) is 5.92 Å². The van der Waals surface area contributed by atoms with Gasteiger partial charge >= 0.3 is 12.1 Å². The molecule has 2 rings (SSSR count). The molecule has 0 spiro atoms. The smallest absolute Gasteiger partial charge is 0.410 e. The quantitative estimate of drug-likeness (QED) is 0.802. The van der Waals surface area contributed by atoms with Crippen LogP contribution in [0.1, 0.15) is 36.7 Å². The highest BCUT2D eigenvalue weighted by molar-refractivity contribution is 5.89. The standard InChI is InChI=1S/C17H22FNO4/c1-11-5-6-13(7-14(11)18)15(20)22-10-12-8-19(9-12)16(21)23-17(2,3)4/h5-7,12H,8-10H2,1-4H3. The second-order valence-corrected chi connectivity index (χ2v) is 6.81. The van der Waals surface area contributed by atoms with Crippen molar-refractivity contribution in [3.63, 3.8) is 0 Å². The normalized spacial score (nSPS) is 15.1. The maximum Gasteiger partial charge on any atom is 0.410 e. The maximum atomic E-state index is 13.4. The van der Waals surface area contributed by atoms with E-state index < -0.39 is 17.4 Å². The maximum absolute atomic E-state index is 13.4. The molecule has 0 unspecified atom stereocenters. The van der Waals surface area contributed by atoms with Crippen molar-refractivity contribution < 1.29 is 23.5 Å². The number of rotatable bonds is 3. The van der Waals surface area contributed by atoms with Crippen molar-refractivity contribution >= 4 is 12.1 Å². The summed E-state index contributed by atoms with van der Waals surface area (Å²) in [7, 11) is 0. The summed E-state index contributed by atoms with van der Waals surface area (Å²) in [5, 5.41) is 0. The summed E-state index contributed by atoms with van der Waals surface area (Å²) >= 11 is 0. The van der Waals surface area contributed by atoms with Crippen LogP contribution in [-0.2, 0) is 9.47 Å². The number of ether oxygens (including phenoxy) is 2. The molecule has 5 nitrogen and oxygen atoms in total. The van der Waals surface area contributed by atoms with Crippen LogP contribution in [0.2, 0.25) is 0 Å². The third-order valence-electron chi connectivity index (χ3n) is 3.47. The zero-order valence-corrected chi connectivity index (χ0v) is 13.9. The number of amides is 1. The molecule has 0 saturated carbocycles. The number of esters is 1. The summed E-state index contributed by atoms with van der Waals surface area (Å²) in [6, 6.07) is 4.25. The van der Waals surface area contributed by atoms with E-state index in [2.05, 4.69) is 0 Å². The summed E-state index contributed by atoms with van der Waals surface area (Å²) in [6.45, 7) is 8.24. The van der Waals surface area contributed by atoms with Crippen molar-refractivity contribution in [3.8, 4) is 0 Å². The molecule has 1 saturated heterocycles. The number of benzene rings is 1. The van der Waals surface area contributed by atoms with Crippen LogP contribution in [0.15, 0.2) is 18.2 Å². The molecular weight excluding hydrogens is 301 g/mol. The number of nitrogens with zero attached hydrogens (tertiary/aromatic N) is 1. The summed E-state index contributed by atoms with van der Waals surface area (Å²) in [5.74, 6) is -0.902. The van der Waals surface area contributed by atoms with Crippen molar-refractivity contribution in [2.75, 3.05) is 19.7 Å². The van der Waals surface area contributed by atoms with Gasteiger partial charge in [0.05, 0.1) is 12.2 Å². The van der Waals surface area contributed by atoms with E-state index in [1.807, 2.05) is 20.8 Å². The second-order valence-electron chi connectivity index (χ2n) is 6.81. The fourth-order valence-electron chi connectivity index (χ4n) is 2.15. The summed E-state index contributed by atoms with van der Waals surface area (Å²) in [6.07, 6.45) is -0.360. The van der Waals surface area contributed by atoms with Gasteiger partial charge in [-0.3, -0.25) is 0 Å².